The van der Waals surface area contributed by atoms with Crippen molar-refractivity contribution in [3.05, 3.63) is 23.1 Å². The van der Waals surface area contributed by atoms with Crippen LogP contribution < -0.4 is 9.80 Å². The zero-order chi connectivity index (χ0) is 16.2. The summed E-state index contributed by atoms with van der Waals surface area (Å²) in [5.74, 6) is 1.64. The van der Waals surface area contributed by atoms with E-state index in [0.717, 1.165) is 48.4 Å². The molecule has 0 aliphatic carbocycles. The van der Waals surface area contributed by atoms with Crippen LogP contribution in [0.4, 0.5) is 11.8 Å². The largest absolute Gasteiger partial charge is 0.378 e. The first-order valence-electron chi connectivity index (χ1n) is 7.87. The lowest BCUT2D eigenvalue weighted by atomic mass is 10.3. The topological polar surface area (TPSA) is 80.4 Å². The molecule has 124 valence electrons. The lowest BCUT2D eigenvalue weighted by molar-refractivity contribution is 0.122. The molecule has 1 fully saturated rings. The molecule has 2 aromatic heterocycles. The Balaban J connectivity index is 1.84. The van der Waals surface area contributed by atoms with Gasteiger partial charge >= 0.3 is 0 Å². The van der Waals surface area contributed by atoms with Gasteiger partial charge in [-0.3, -0.25) is 0 Å². The molecule has 0 aromatic carbocycles. The number of morpholine rings is 1. The number of aromatic nitrogens is 4. The molecule has 0 spiro atoms. The molecule has 0 amide bonds. The van der Waals surface area contributed by atoms with E-state index in [0.29, 0.717) is 19.8 Å². The number of nitrogens with zero attached hydrogens (tertiary/aromatic N) is 6. The van der Waals surface area contributed by atoms with E-state index >= 15 is 0 Å². The van der Waals surface area contributed by atoms with E-state index in [9.17, 15) is 0 Å². The molecule has 23 heavy (non-hydrogen) atoms. The smallest absolute Gasteiger partial charge is 0.227 e. The first kappa shape index (κ1) is 15.7. The Kier molecular flexibility index (Phi) is 4.71. The third kappa shape index (κ3) is 3.58. The molecule has 8 heteroatoms. The van der Waals surface area contributed by atoms with Gasteiger partial charge in [0.1, 0.15) is 17.2 Å². The van der Waals surface area contributed by atoms with Gasteiger partial charge in [0.25, 0.3) is 0 Å². The maximum absolute atomic E-state index is 5.41. The summed E-state index contributed by atoms with van der Waals surface area (Å²) in [6.07, 6.45) is 0.866. The van der Waals surface area contributed by atoms with Gasteiger partial charge in [0.05, 0.1) is 19.8 Å². The summed E-state index contributed by atoms with van der Waals surface area (Å²) < 4.78 is 10.2. The van der Waals surface area contributed by atoms with E-state index in [1.54, 1.807) is 0 Å². The van der Waals surface area contributed by atoms with Crippen molar-refractivity contribution in [3.63, 3.8) is 0 Å². The molecule has 0 atom stereocenters. The van der Waals surface area contributed by atoms with Crippen LogP contribution in [-0.2, 0) is 17.7 Å². The molecule has 0 radical (unpaired) electrons. The molecule has 3 rings (SSSR count). The molecule has 0 bridgehead atoms. The van der Waals surface area contributed by atoms with Gasteiger partial charge in [-0.2, -0.15) is 4.98 Å². The van der Waals surface area contributed by atoms with Crippen LogP contribution in [0.15, 0.2) is 10.7 Å². The van der Waals surface area contributed by atoms with Crippen molar-refractivity contribution in [1.29, 1.82) is 0 Å². The minimum atomic E-state index is 0.595. The summed E-state index contributed by atoms with van der Waals surface area (Å²) in [4.78, 5) is 13.6. The maximum Gasteiger partial charge on any atom is 0.227 e. The van der Waals surface area contributed by atoms with E-state index in [-0.39, 0.29) is 0 Å². The Morgan fingerprint density at radius 3 is 2.65 bits per heavy atom. The van der Waals surface area contributed by atoms with Gasteiger partial charge in [-0.1, -0.05) is 17.2 Å². The molecule has 8 nitrogen and oxygen atoms in total. The van der Waals surface area contributed by atoms with Gasteiger partial charge in [0.2, 0.25) is 5.95 Å². The predicted molar refractivity (Wildman–Crippen MR) is 85.6 cm³/mol. The van der Waals surface area contributed by atoms with Crippen LogP contribution in [0, 0.1) is 6.92 Å². The van der Waals surface area contributed by atoms with Crippen molar-refractivity contribution in [2.45, 2.75) is 26.8 Å². The number of ether oxygens (including phenoxy) is 1. The second-order valence-corrected chi connectivity index (χ2v) is 5.62. The number of aryl methyl sites for hydroxylation is 2. The fourth-order valence-electron chi connectivity index (χ4n) is 2.45. The Labute approximate surface area is 135 Å². The van der Waals surface area contributed by atoms with E-state index in [1.165, 1.54) is 0 Å². The van der Waals surface area contributed by atoms with Crippen molar-refractivity contribution in [3.8, 4) is 0 Å². The highest BCUT2D eigenvalue weighted by molar-refractivity contribution is 5.46. The highest BCUT2D eigenvalue weighted by atomic mass is 16.6. The highest BCUT2D eigenvalue weighted by Gasteiger charge is 2.17. The van der Waals surface area contributed by atoms with E-state index in [2.05, 4.69) is 27.1 Å². The maximum atomic E-state index is 5.41. The molecule has 1 aliphatic heterocycles. The monoisotopic (exact) mass is 318 g/mol. The van der Waals surface area contributed by atoms with E-state index in [4.69, 9.17) is 14.3 Å². The zero-order valence-corrected chi connectivity index (χ0v) is 13.8. The summed E-state index contributed by atoms with van der Waals surface area (Å²) >= 11 is 0. The van der Waals surface area contributed by atoms with Gasteiger partial charge in [-0.25, -0.2) is 9.61 Å². The Bertz CT molecular complexity index is 653. The van der Waals surface area contributed by atoms with Crippen LogP contribution >= 0.6 is 0 Å². The van der Waals surface area contributed by atoms with Crippen LogP contribution in [0.25, 0.3) is 0 Å². The lowest BCUT2D eigenvalue weighted by Crippen LogP contribution is -2.37. The predicted octanol–water partition coefficient (Wildman–Crippen LogP) is 1.20. The van der Waals surface area contributed by atoms with Gasteiger partial charge in [-0.15, -0.1) is 0 Å². The van der Waals surface area contributed by atoms with Crippen LogP contribution in [0.5, 0.6) is 0 Å². The Morgan fingerprint density at radius 1 is 1.22 bits per heavy atom. The second kappa shape index (κ2) is 6.91. The normalized spacial score (nSPS) is 15.0. The Morgan fingerprint density at radius 2 is 2.00 bits per heavy atom. The minimum absolute atomic E-state index is 0.595. The van der Waals surface area contributed by atoms with Crippen molar-refractivity contribution in [1.82, 2.24) is 20.3 Å². The van der Waals surface area contributed by atoms with Gasteiger partial charge < -0.3 is 14.5 Å². The van der Waals surface area contributed by atoms with Crippen molar-refractivity contribution >= 4 is 11.8 Å². The first-order valence-corrected chi connectivity index (χ1v) is 7.87. The minimum Gasteiger partial charge on any atom is -0.378 e. The first-order chi connectivity index (χ1) is 11.2. The third-order valence-corrected chi connectivity index (χ3v) is 3.93. The summed E-state index contributed by atoms with van der Waals surface area (Å²) in [6.45, 7) is 7.66. The molecule has 0 N–H and O–H groups in total. The number of hydrogen-bond acceptors (Lipinski definition) is 8. The van der Waals surface area contributed by atoms with Gasteiger partial charge in [0.15, 0.2) is 0 Å². The van der Waals surface area contributed by atoms with Crippen LogP contribution in [0.1, 0.15) is 24.0 Å². The van der Waals surface area contributed by atoms with Gasteiger partial charge in [0, 0.05) is 31.9 Å². The number of anilines is 2. The summed E-state index contributed by atoms with van der Waals surface area (Å²) in [5, 5.41) is 7.76. The molecule has 0 saturated carbocycles. The molecule has 0 unspecified atom stereocenters. The van der Waals surface area contributed by atoms with E-state index in [1.807, 2.05) is 24.9 Å². The van der Waals surface area contributed by atoms with Crippen LogP contribution in [0.2, 0.25) is 0 Å². The SMILES string of the molecule is CCc1cc(N(C)Cc2nonc2C)nc(N2CCOCC2)n1. The van der Waals surface area contributed by atoms with Crippen molar-refractivity contribution in [2.24, 2.45) is 0 Å². The lowest BCUT2D eigenvalue weighted by Gasteiger charge is -2.28. The number of hydrogen-bond donors (Lipinski definition) is 0. The van der Waals surface area contributed by atoms with Crippen LogP contribution in [-0.4, -0.2) is 53.6 Å². The van der Waals surface area contributed by atoms with Crippen molar-refractivity contribution in [2.75, 3.05) is 43.2 Å². The molecule has 1 saturated heterocycles. The van der Waals surface area contributed by atoms with Gasteiger partial charge in [-0.05, 0) is 13.3 Å². The summed E-state index contributed by atoms with van der Waals surface area (Å²) in [7, 11) is 1.99. The fraction of sp³-hybridized carbons (Fsp3) is 0.600. The molecular formula is C15H22N6O2. The molecule has 2 aromatic rings. The quantitative estimate of drug-likeness (QED) is 0.813. The summed E-state index contributed by atoms with van der Waals surface area (Å²) in [6, 6.07) is 2.02. The second-order valence-electron chi connectivity index (χ2n) is 5.62. The molecular weight excluding hydrogens is 296 g/mol. The van der Waals surface area contributed by atoms with Crippen molar-refractivity contribution < 1.29 is 9.37 Å². The Hall–Kier alpha value is -2.22. The standard InChI is InChI=1S/C15H22N6O2/c1-4-12-9-14(20(3)10-13-11(2)18-23-19-13)17-15(16-12)21-5-7-22-8-6-21/h9H,4-8,10H2,1-3H3. The third-order valence-electron chi connectivity index (χ3n) is 3.93. The average molecular weight is 318 g/mol. The average Bonchev–Trinajstić information content (AvgIpc) is 3.00. The van der Waals surface area contributed by atoms with Crippen LogP contribution in [0.3, 0.4) is 0 Å². The van der Waals surface area contributed by atoms with E-state index < -0.39 is 0 Å². The molecule has 3 heterocycles. The zero-order valence-electron chi connectivity index (χ0n) is 13.8. The molecule has 1 aliphatic rings. The highest BCUT2D eigenvalue weighted by Crippen LogP contribution is 2.20. The summed E-state index contributed by atoms with van der Waals surface area (Å²) in [5.41, 5.74) is 2.64. The fourth-order valence-corrected chi connectivity index (χ4v) is 2.45. The number of rotatable bonds is 5.